The van der Waals surface area contributed by atoms with E-state index in [-0.39, 0.29) is 17.1 Å². The van der Waals surface area contributed by atoms with Crippen molar-refractivity contribution in [3.8, 4) is 22.8 Å². The van der Waals surface area contributed by atoms with E-state index in [1.165, 1.54) is 12.1 Å². The highest BCUT2D eigenvalue weighted by Gasteiger charge is 2.24. The van der Waals surface area contributed by atoms with Crippen molar-refractivity contribution in [1.82, 2.24) is 5.16 Å². The molecule has 2 heterocycles. The molecule has 0 saturated heterocycles. The Labute approximate surface area is 110 Å². The van der Waals surface area contributed by atoms with Crippen LogP contribution in [0.15, 0.2) is 21.1 Å². The van der Waals surface area contributed by atoms with Gasteiger partial charge in [-0.05, 0) is 15.9 Å². The van der Waals surface area contributed by atoms with Gasteiger partial charge in [-0.1, -0.05) is 5.16 Å². The first-order valence-electron chi connectivity index (χ1n) is 5.17. The van der Waals surface area contributed by atoms with Gasteiger partial charge < -0.3 is 19.7 Å². The number of benzene rings is 1. The van der Waals surface area contributed by atoms with Crippen LogP contribution in [-0.2, 0) is 0 Å². The Morgan fingerprint density at radius 1 is 1.28 bits per heavy atom. The normalized spacial score (nSPS) is 13.7. The third-order valence-electron chi connectivity index (χ3n) is 2.50. The van der Waals surface area contributed by atoms with Crippen molar-refractivity contribution in [3.05, 3.63) is 22.4 Å². The highest BCUT2D eigenvalue weighted by Crippen LogP contribution is 2.45. The third-order valence-corrected chi connectivity index (χ3v) is 3.26. The largest absolute Gasteiger partial charge is 0.486 e. The van der Waals surface area contributed by atoms with Crippen LogP contribution in [0.3, 0.4) is 0 Å². The van der Waals surface area contributed by atoms with E-state index in [4.69, 9.17) is 19.7 Å². The molecular weight excluding hydrogens is 307 g/mol. The number of ether oxygens (including phenoxy) is 2. The predicted octanol–water partition coefficient (Wildman–Crippen LogP) is 2.60. The zero-order valence-corrected chi connectivity index (χ0v) is 10.7. The van der Waals surface area contributed by atoms with Crippen LogP contribution in [0.2, 0.25) is 0 Å². The quantitative estimate of drug-likeness (QED) is 0.876. The Kier molecular flexibility index (Phi) is 2.62. The lowest BCUT2D eigenvalue weighted by Crippen LogP contribution is -2.16. The average molecular weight is 315 g/mol. The minimum atomic E-state index is -0.498. The summed E-state index contributed by atoms with van der Waals surface area (Å²) in [7, 11) is 0. The molecule has 94 valence electrons. The molecule has 18 heavy (non-hydrogen) atoms. The maximum atomic E-state index is 14.0. The van der Waals surface area contributed by atoms with Gasteiger partial charge in [-0.15, -0.1) is 0 Å². The summed E-state index contributed by atoms with van der Waals surface area (Å²) in [6, 6.07) is 2.70. The molecule has 2 aromatic rings. The number of nitrogens with two attached hydrogens (primary N) is 1. The number of nitrogens with zero attached hydrogens (tertiary/aromatic N) is 1. The van der Waals surface area contributed by atoms with Crippen LogP contribution < -0.4 is 15.2 Å². The van der Waals surface area contributed by atoms with Gasteiger partial charge in [-0.3, -0.25) is 0 Å². The van der Waals surface area contributed by atoms with Gasteiger partial charge in [0, 0.05) is 12.1 Å². The molecule has 0 fully saturated rings. The van der Waals surface area contributed by atoms with Crippen molar-refractivity contribution in [2.24, 2.45) is 0 Å². The Hall–Kier alpha value is -1.76. The summed E-state index contributed by atoms with van der Waals surface area (Å²) in [5.74, 6) is 0.733. The number of rotatable bonds is 1. The fourth-order valence-electron chi connectivity index (χ4n) is 1.75. The Morgan fingerprint density at radius 2 is 2.06 bits per heavy atom. The summed E-state index contributed by atoms with van der Waals surface area (Å²) < 4.78 is 30.2. The lowest BCUT2D eigenvalue weighted by Gasteiger charge is -2.20. The van der Waals surface area contributed by atoms with Gasteiger partial charge in [0.1, 0.15) is 19.0 Å². The highest BCUT2D eigenvalue weighted by molar-refractivity contribution is 9.10. The number of hydrogen-bond donors (Lipinski definition) is 1. The molecular formula is C11H8BrFN2O3. The van der Waals surface area contributed by atoms with E-state index in [1.807, 2.05) is 0 Å². The van der Waals surface area contributed by atoms with Gasteiger partial charge in [0.05, 0.1) is 10.0 Å². The molecule has 0 atom stereocenters. The molecule has 7 heteroatoms. The van der Waals surface area contributed by atoms with Crippen LogP contribution in [0, 0.1) is 5.82 Å². The molecule has 0 spiro atoms. The van der Waals surface area contributed by atoms with Crippen LogP contribution in [0.25, 0.3) is 11.3 Å². The van der Waals surface area contributed by atoms with Crippen LogP contribution in [0.4, 0.5) is 10.2 Å². The standard InChI is InChI=1S/C11H8BrFN2O3/c12-10-9(6-4-8(14)15-18-6)5(13)3-7-11(10)17-2-1-16-7/h3-4H,1-2H2,(H2,14,15). The first-order valence-corrected chi connectivity index (χ1v) is 5.96. The SMILES string of the molecule is Nc1cc(-c2c(F)cc3c(c2Br)OCCO3)on1. The smallest absolute Gasteiger partial charge is 0.176 e. The van der Waals surface area contributed by atoms with Crippen molar-refractivity contribution in [3.63, 3.8) is 0 Å². The molecule has 0 radical (unpaired) electrons. The predicted molar refractivity (Wildman–Crippen MR) is 65.0 cm³/mol. The fraction of sp³-hybridized carbons (Fsp3) is 0.182. The van der Waals surface area contributed by atoms with Gasteiger partial charge in [0.2, 0.25) is 0 Å². The van der Waals surface area contributed by atoms with Gasteiger partial charge in [-0.25, -0.2) is 4.39 Å². The lowest BCUT2D eigenvalue weighted by atomic mass is 10.1. The number of aromatic nitrogens is 1. The minimum absolute atomic E-state index is 0.186. The summed E-state index contributed by atoms with van der Waals surface area (Å²) in [6.07, 6.45) is 0. The first-order chi connectivity index (χ1) is 8.66. The molecule has 5 nitrogen and oxygen atoms in total. The zero-order valence-electron chi connectivity index (χ0n) is 9.07. The topological polar surface area (TPSA) is 70.5 Å². The van der Waals surface area contributed by atoms with E-state index in [0.29, 0.717) is 29.2 Å². The maximum Gasteiger partial charge on any atom is 0.176 e. The Morgan fingerprint density at radius 3 is 2.78 bits per heavy atom. The number of nitrogen functional groups attached to an aromatic ring is 1. The van der Waals surface area contributed by atoms with Gasteiger partial charge >= 0.3 is 0 Å². The molecule has 0 amide bonds. The third kappa shape index (κ3) is 1.71. The van der Waals surface area contributed by atoms with Crippen LogP contribution in [-0.4, -0.2) is 18.4 Å². The summed E-state index contributed by atoms with van der Waals surface area (Å²) in [5, 5.41) is 3.53. The summed E-state index contributed by atoms with van der Waals surface area (Å²) in [5.41, 5.74) is 5.67. The van der Waals surface area contributed by atoms with E-state index in [1.54, 1.807) is 0 Å². The van der Waals surface area contributed by atoms with Crippen molar-refractivity contribution >= 4 is 21.7 Å². The summed E-state index contributed by atoms with van der Waals surface area (Å²) in [6.45, 7) is 0.808. The van der Waals surface area contributed by atoms with E-state index in [0.717, 1.165) is 0 Å². The summed E-state index contributed by atoms with van der Waals surface area (Å²) in [4.78, 5) is 0. The van der Waals surface area contributed by atoms with Crippen molar-refractivity contribution in [2.45, 2.75) is 0 Å². The number of halogens is 2. The maximum absolute atomic E-state index is 14.0. The second-order valence-corrected chi connectivity index (χ2v) is 4.48. The van der Waals surface area contributed by atoms with E-state index in [2.05, 4.69) is 21.1 Å². The number of anilines is 1. The molecule has 2 N–H and O–H groups in total. The van der Waals surface area contributed by atoms with Crippen LogP contribution >= 0.6 is 15.9 Å². The lowest BCUT2D eigenvalue weighted by molar-refractivity contribution is 0.169. The van der Waals surface area contributed by atoms with E-state index in [9.17, 15) is 4.39 Å². The molecule has 1 aromatic heterocycles. The second kappa shape index (κ2) is 4.16. The molecule has 0 saturated carbocycles. The molecule has 0 bridgehead atoms. The second-order valence-electron chi connectivity index (χ2n) is 3.69. The monoisotopic (exact) mass is 314 g/mol. The van der Waals surface area contributed by atoms with Crippen molar-refractivity contribution in [1.29, 1.82) is 0 Å². The molecule has 1 aliphatic rings. The molecule has 1 aliphatic heterocycles. The molecule has 0 aliphatic carbocycles. The Balaban J connectivity index is 2.20. The Bertz CT molecular complexity index is 615. The molecule has 1 aromatic carbocycles. The minimum Gasteiger partial charge on any atom is -0.486 e. The highest BCUT2D eigenvalue weighted by atomic mass is 79.9. The first kappa shape index (κ1) is 11.3. The van der Waals surface area contributed by atoms with Crippen molar-refractivity contribution in [2.75, 3.05) is 18.9 Å². The van der Waals surface area contributed by atoms with Crippen LogP contribution in [0.1, 0.15) is 0 Å². The van der Waals surface area contributed by atoms with Gasteiger partial charge in [0.25, 0.3) is 0 Å². The fourth-order valence-corrected chi connectivity index (χ4v) is 2.44. The molecule has 0 unspecified atom stereocenters. The van der Waals surface area contributed by atoms with E-state index < -0.39 is 5.82 Å². The number of fused-ring (bicyclic) bond motifs is 1. The van der Waals surface area contributed by atoms with Crippen LogP contribution in [0.5, 0.6) is 11.5 Å². The molecule has 3 rings (SSSR count). The zero-order chi connectivity index (χ0) is 12.7. The van der Waals surface area contributed by atoms with E-state index >= 15 is 0 Å². The number of hydrogen-bond acceptors (Lipinski definition) is 5. The van der Waals surface area contributed by atoms with Gasteiger partial charge in [-0.2, -0.15) is 0 Å². The van der Waals surface area contributed by atoms with Crippen molar-refractivity contribution < 1.29 is 18.4 Å². The van der Waals surface area contributed by atoms with Gasteiger partial charge in [0.15, 0.2) is 23.1 Å². The average Bonchev–Trinajstić information content (AvgIpc) is 2.76. The summed E-state index contributed by atoms with van der Waals surface area (Å²) >= 11 is 3.29.